The number of hydrogen-bond acceptors (Lipinski definition) is 3. The van der Waals surface area contributed by atoms with Gasteiger partial charge in [-0.25, -0.2) is 0 Å². The second kappa shape index (κ2) is 6.57. The molecule has 0 aliphatic carbocycles. The van der Waals surface area contributed by atoms with Gasteiger partial charge in [-0.15, -0.1) is 0 Å². The first-order chi connectivity index (χ1) is 9.21. The van der Waals surface area contributed by atoms with E-state index in [0.717, 1.165) is 28.2 Å². The molecular formula is C15H16BrNO2. The van der Waals surface area contributed by atoms with Crippen LogP contribution in [-0.4, -0.2) is 12.1 Å². The molecule has 0 saturated heterocycles. The lowest BCUT2D eigenvalue weighted by molar-refractivity contribution is 0.299. The third-order valence-corrected chi connectivity index (χ3v) is 3.30. The molecule has 0 saturated carbocycles. The van der Waals surface area contributed by atoms with Crippen LogP contribution in [0, 0.1) is 6.92 Å². The molecule has 0 N–H and O–H groups in total. The van der Waals surface area contributed by atoms with Gasteiger partial charge >= 0.3 is 0 Å². The van der Waals surface area contributed by atoms with E-state index in [1.807, 2.05) is 37.3 Å². The standard InChI is InChI=1S/C15H16BrNO2/c1-11-6-15(18-2)8-13(17-11)10-19-14-5-3-4-12(7-14)9-16/h3-8H,9-10H2,1-2H3. The molecule has 1 aromatic heterocycles. The van der Waals surface area contributed by atoms with Crippen molar-refractivity contribution >= 4 is 15.9 Å². The van der Waals surface area contributed by atoms with Crippen molar-refractivity contribution in [2.75, 3.05) is 7.11 Å². The normalized spacial score (nSPS) is 10.3. The van der Waals surface area contributed by atoms with Gasteiger partial charge in [0.1, 0.15) is 18.1 Å². The second-order valence-corrected chi connectivity index (χ2v) is 4.77. The molecule has 19 heavy (non-hydrogen) atoms. The van der Waals surface area contributed by atoms with Crippen LogP contribution in [0.3, 0.4) is 0 Å². The minimum absolute atomic E-state index is 0.434. The van der Waals surface area contributed by atoms with Crippen molar-refractivity contribution in [2.45, 2.75) is 18.9 Å². The predicted octanol–water partition coefficient (Wildman–Crippen LogP) is 3.87. The van der Waals surface area contributed by atoms with E-state index in [0.29, 0.717) is 6.61 Å². The minimum atomic E-state index is 0.434. The number of pyridine rings is 1. The summed E-state index contributed by atoms with van der Waals surface area (Å²) in [4.78, 5) is 4.43. The number of ether oxygens (including phenoxy) is 2. The van der Waals surface area contributed by atoms with Crippen LogP contribution in [0.2, 0.25) is 0 Å². The summed E-state index contributed by atoms with van der Waals surface area (Å²) in [5, 5.41) is 0.820. The number of benzene rings is 1. The molecule has 100 valence electrons. The SMILES string of the molecule is COc1cc(C)nc(COc2cccc(CBr)c2)c1. The van der Waals surface area contributed by atoms with E-state index in [2.05, 4.69) is 27.0 Å². The molecule has 0 aliphatic rings. The molecule has 0 spiro atoms. The molecular weight excluding hydrogens is 306 g/mol. The smallest absolute Gasteiger partial charge is 0.130 e. The highest BCUT2D eigenvalue weighted by Gasteiger charge is 2.02. The van der Waals surface area contributed by atoms with Crippen LogP contribution in [0.4, 0.5) is 0 Å². The molecule has 0 radical (unpaired) electrons. The van der Waals surface area contributed by atoms with Crippen LogP contribution in [0.1, 0.15) is 17.0 Å². The lowest BCUT2D eigenvalue weighted by Crippen LogP contribution is -2.00. The summed E-state index contributed by atoms with van der Waals surface area (Å²) in [6.07, 6.45) is 0. The Bertz CT molecular complexity index is 558. The van der Waals surface area contributed by atoms with Gasteiger partial charge in [0.15, 0.2) is 0 Å². The summed E-state index contributed by atoms with van der Waals surface area (Å²) in [6, 6.07) is 11.8. The monoisotopic (exact) mass is 321 g/mol. The molecule has 3 nitrogen and oxygen atoms in total. The minimum Gasteiger partial charge on any atom is -0.497 e. The third-order valence-electron chi connectivity index (χ3n) is 2.66. The van der Waals surface area contributed by atoms with E-state index >= 15 is 0 Å². The molecule has 0 unspecified atom stereocenters. The highest BCUT2D eigenvalue weighted by molar-refractivity contribution is 9.08. The quantitative estimate of drug-likeness (QED) is 0.783. The largest absolute Gasteiger partial charge is 0.497 e. The molecule has 0 atom stereocenters. The van der Waals surface area contributed by atoms with Gasteiger partial charge in [-0.3, -0.25) is 4.98 Å². The van der Waals surface area contributed by atoms with Crippen LogP contribution in [0.5, 0.6) is 11.5 Å². The predicted molar refractivity (Wildman–Crippen MR) is 78.9 cm³/mol. The molecule has 0 amide bonds. The summed E-state index contributed by atoms with van der Waals surface area (Å²) in [6.45, 7) is 2.38. The molecule has 0 bridgehead atoms. The van der Waals surface area contributed by atoms with Crippen molar-refractivity contribution in [3.8, 4) is 11.5 Å². The Balaban J connectivity index is 2.07. The first kappa shape index (κ1) is 13.9. The molecule has 2 aromatic rings. The summed E-state index contributed by atoms with van der Waals surface area (Å²) in [5.41, 5.74) is 2.97. The Morgan fingerprint density at radius 3 is 2.74 bits per heavy atom. The van der Waals surface area contributed by atoms with Gasteiger partial charge in [-0.05, 0) is 24.6 Å². The van der Waals surface area contributed by atoms with E-state index in [9.17, 15) is 0 Å². The Kier molecular flexibility index (Phi) is 4.80. The highest BCUT2D eigenvalue weighted by Crippen LogP contribution is 2.18. The first-order valence-electron chi connectivity index (χ1n) is 6.00. The van der Waals surface area contributed by atoms with Gasteiger partial charge in [0.2, 0.25) is 0 Å². The van der Waals surface area contributed by atoms with Crippen LogP contribution < -0.4 is 9.47 Å². The number of methoxy groups -OCH3 is 1. The van der Waals surface area contributed by atoms with E-state index in [-0.39, 0.29) is 0 Å². The Morgan fingerprint density at radius 1 is 1.16 bits per heavy atom. The van der Waals surface area contributed by atoms with Gasteiger partial charge in [0, 0.05) is 23.2 Å². The zero-order valence-corrected chi connectivity index (χ0v) is 12.6. The van der Waals surface area contributed by atoms with Crippen molar-refractivity contribution in [3.63, 3.8) is 0 Å². The average molecular weight is 322 g/mol. The van der Waals surface area contributed by atoms with E-state index in [4.69, 9.17) is 9.47 Å². The van der Waals surface area contributed by atoms with Crippen molar-refractivity contribution in [2.24, 2.45) is 0 Å². The maximum absolute atomic E-state index is 5.75. The number of alkyl halides is 1. The molecule has 1 heterocycles. The highest BCUT2D eigenvalue weighted by atomic mass is 79.9. The number of aryl methyl sites for hydroxylation is 1. The fourth-order valence-corrected chi connectivity index (χ4v) is 2.12. The third kappa shape index (κ3) is 3.96. The maximum Gasteiger partial charge on any atom is 0.130 e. The zero-order chi connectivity index (χ0) is 13.7. The van der Waals surface area contributed by atoms with E-state index in [1.54, 1.807) is 7.11 Å². The van der Waals surface area contributed by atoms with Gasteiger partial charge in [0.25, 0.3) is 0 Å². The van der Waals surface area contributed by atoms with Crippen LogP contribution in [-0.2, 0) is 11.9 Å². The Morgan fingerprint density at radius 2 is 2.00 bits per heavy atom. The maximum atomic E-state index is 5.75. The van der Waals surface area contributed by atoms with Gasteiger partial charge in [0.05, 0.1) is 12.8 Å². The summed E-state index contributed by atoms with van der Waals surface area (Å²) >= 11 is 3.43. The van der Waals surface area contributed by atoms with Crippen LogP contribution in [0.15, 0.2) is 36.4 Å². The Hall–Kier alpha value is -1.55. The lowest BCUT2D eigenvalue weighted by Gasteiger charge is -2.09. The fraction of sp³-hybridized carbons (Fsp3) is 0.267. The number of halogens is 1. The Labute approximate surface area is 121 Å². The van der Waals surface area contributed by atoms with Crippen molar-refractivity contribution in [1.29, 1.82) is 0 Å². The molecule has 1 aromatic carbocycles. The van der Waals surface area contributed by atoms with Crippen LogP contribution in [0.25, 0.3) is 0 Å². The lowest BCUT2D eigenvalue weighted by atomic mass is 10.2. The number of aromatic nitrogens is 1. The number of rotatable bonds is 5. The summed E-state index contributed by atoms with van der Waals surface area (Å²) in [7, 11) is 1.65. The van der Waals surface area contributed by atoms with Gasteiger partial charge in [-0.1, -0.05) is 28.1 Å². The van der Waals surface area contributed by atoms with E-state index < -0.39 is 0 Å². The fourth-order valence-electron chi connectivity index (χ4n) is 1.77. The number of hydrogen-bond donors (Lipinski definition) is 0. The van der Waals surface area contributed by atoms with Crippen molar-refractivity contribution in [3.05, 3.63) is 53.3 Å². The average Bonchev–Trinajstić information content (AvgIpc) is 2.44. The second-order valence-electron chi connectivity index (χ2n) is 4.21. The summed E-state index contributed by atoms with van der Waals surface area (Å²) < 4.78 is 11.0. The van der Waals surface area contributed by atoms with Crippen LogP contribution >= 0.6 is 15.9 Å². The van der Waals surface area contributed by atoms with Gasteiger partial charge < -0.3 is 9.47 Å². The van der Waals surface area contributed by atoms with Gasteiger partial charge in [-0.2, -0.15) is 0 Å². The van der Waals surface area contributed by atoms with Crippen molar-refractivity contribution < 1.29 is 9.47 Å². The molecule has 4 heteroatoms. The first-order valence-corrected chi connectivity index (χ1v) is 7.12. The molecule has 2 rings (SSSR count). The van der Waals surface area contributed by atoms with E-state index in [1.165, 1.54) is 5.56 Å². The topological polar surface area (TPSA) is 31.4 Å². The molecule has 0 aliphatic heterocycles. The van der Waals surface area contributed by atoms with Crippen molar-refractivity contribution in [1.82, 2.24) is 4.98 Å². The molecule has 0 fully saturated rings. The zero-order valence-electron chi connectivity index (χ0n) is 11.0. The summed E-state index contributed by atoms with van der Waals surface area (Å²) in [5.74, 6) is 1.65. The number of nitrogens with zero attached hydrogens (tertiary/aromatic N) is 1.